The maximum atomic E-state index is 11.2. The first-order chi connectivity index (χ1) is 7.07. The van der Waals surface area contributed by atoms with Crippen LogP contribution in [0.25, 0.3) is 0 Å². The van der Waals surface area contributed by atoms with Crippen LogP contribution in [-0.2, 0) is 9.53 Å². The van der Waals surface area contributed by atoms with Gasteiger partial charge in [0.05, 0.1) is 6.61 Å². The van der Waals surface area contributed by atoms with Gasteiger partial charge < -0.3 is 4.74 Å². The Hall–Kier alpha value is -0.790. The van der Waals surface area contributed by atoms with Crippen molar-refractivity contribution in [3.05, 3.63) is 12.2 Å². The summed E-state index contributed by atoms with van der Waals surface area (Å²) in [5.74, 6) is 0.536. The van der Waals surface area contributed by atoms with Crippen LogP contribution in [-0.4, -0.2) is 12.6 Å². The van der Waals surface area contributed by atoms with E-state index in [1.807, 2.05) is 6.92 Å². The molecule has 0 saturated carbocycles. The van der Waals surface area contributed by atoms with Crippen molar-refractivity contribution in [2.24, 2.45) is 5.92 Å². The van der Waals surface area contributed by atoms with Crippen LogP contribution in [0.3, 0.4) is 0 Å². The Bertz CT molecular complexity index is 195. The highest BCUT2D eigenvalue weighted by Crippen LogP contribution is 2.08. The predicted molar refractivity (Wildman–Crippen MR) is 63.7 cm³/mol. The van der Waals surface area contributed by atoms with Gasteiger partial charge in [-0.2, -0.15) is 0 Å². The van der Waals surface area contributed by atoms with Crippen LogP contribution in [0.1, 0.15) is 52.9 Å². The van der Waals surface area contributed by atoms with Gasteiger partial charge in [0.2, 0.25) is 0 Å². The molecule has 15 heavy (non-hydrogen) atoms. The fraction of sp³-hybridized carbons (Fsp3) is 0.769. The smallest absolute Gasteiger partial charge is 0.333 e. The largest absolute Gasteiger partial charge is 0.462 e. The summed E-state index contributed by atoms with van der Waals surface area (Å²) in [5.41, 5.74) is 0.567. The van der Waals surface area contributed by atoms with Crippen LogP contribution in [0.4, 0.5) is 0 Å². The lowest BCUT2D eigenvalue weighted by Crippen LogP contribution is -2.07. The lowest BCUT2D eigenvalue weighted by atomic mass is 10.1. The predicted octanol–water partition coefficient (Wildman–Crippen LogP) is 3.71. The molecule has 0 aliphatic rings. The van der Waals surface area contributed by atoms with Crippen LogP contribution >= 0.6 is 0 Å². The zero-order chi connectivity index (χ0) is 11.7. The van der Waals surface area contributed by atoms with E-state index in [9.17, 15) is 4.79 Å². The number of carbonyl (C=O) groups excluding carboxylic acids is 1. The van der Waals surface area contributed by atoms with Crippen LogP contribution in [0.15, 0.2) is 12.2 Å². The molecule has 0 rings (SSSR count). The second-order valence-corrected chi connectivity index (χ2v) is 4.34. The van der Waals surface area contributed by atoms with Crippen molar-refractivity contribution < 1.29 is 9.53 Å². The summed E-state index contributed by atoms with van der Waals surface area (Å²) in [7, 11) is 0. The van der Waals surface area contributed by atoms with E-state index in [-0.39, 0.29) is 5.97 Å². The molecular weight excluding hydrogens is 188 g/mol. The van der Waals surface area contributed by atoms with Gasteiger partial charge in [0.15, 0.2) is 0 Å². The highest BCUT2D eigenvalue weighted by Gasteiger charge is 2.04. The second-order valence-electron chi connectivity index (χ2n) is 4.34. The monoisotopic (exact) mass is 212 g/mol. The molecule has 0 fully saturated rings. The standard InChI is InChI=1S/C13H24O2/c1-5-12(4)13(14)15-10-8-6-7-9-11(2)3/h11H,4-10H2,1-3H3. The van der Waals surface area contributed by atoms with E-state index in [2.05, 4.69) is 20.4 Å². The molecule has 88 valence electrons. The molecule has 0 aromatic heterocycles. The normalized spacial score (nSPS) is 10.4. The summed E-state index contributed by atoms with van der Waals surface area (Å²) in [4.78, 5) is 11.2. The highest BCUT2D eigenvalue weighted by atomic mass is 16.5. The Morgan fingerprint density at radius 1 is 1.27 bits per heavy atom. The van der Waals surface area contributed by atoms with E-state index >= 15 is 0 Å². The van der Waals surface area contributed by atoms with Crippen molar-refractivity contribution in [3.8, 4) is 0 Å². The van der Waals surface area contributed by atoms with Gasteiger partial charge in [-0.1, -0.05) is 46.6 Å². The average Bonchev–Trinajstić information content (AvgIpc) is 2.21. The number of hydrogen-bond donors (Lipinski definition) is 0. The van der Waals surface area contributed by atoms with Gasteiger partial charge in [-0.15, -0.1) is 0 Å². The molecule has 0 aliphatic heterocycles. The maximum Gasteiger partial charge on any atom is 0.333 e. The molecule has 0 aromatic carbocycles. The van der Waals surface area contributed by atoms with E-state index in [0.29, 0.717) is 18.6 Å². The summed E-state index contributed by atoms with van der Waals surface area (Å²) >= 11 is 0. The fourth-order valence-electron chi connectivity index (χ4n) is 1.24. The highest BCUT2D eigenvalue weighted by molar-refractivity contribution is 5.87. The minimum absolute atomic E-state index is 0.235. The second kappa shape index (κ2) is 8.51. The Labute approximate surface area is 93.7 Å². The average molecular weight is 212 g/mol. The SMILES string of the molecule is C=C(CC)C(=O)OCCCCCC(C)C. The first-order valence-electron chi connectivity index (χ1n) is 5.92. The number of carbonyl (C=O) groups is 1. The molecule has 0 unspecified atom stereocenters. The zero-order valence-electron chi connectivity index (χ0n) is 10.3. The van der Waals surface area contributed by atoms with E-state index in [1.54, 1.807) is 0 Å². The topological polar surface area (TPSA) is 26.3 Å². The first kappa shape index (κ1) is 14.2. The Morgan fingerprint density at radius 2 is 1.93 bits per heavy atom. The van der Waals surface area contributed by atoms with E-state index in [0.717, 1.165) is 18.8 Å². The van der Waals surface area contributed by atoms with E-state index in [1.165, 1.54) is 12.8 Å². The van der Waals surface area contributed by atoms with Gasteiger partial charge >= 0.3 is 5.97 Å². The quantitative estimate of drug-likeness (QED) is 0.348. The number of rotatable bonds is 8. The number of unbranched alkanes of at least 4 members (excludes halogenated alkanes) is 2. The molecule has 0 heterocycles. The van der Waals surface area contributed by atoms with Crippen LogP contribution in [0, 0.1) is 5.92 Å². The Kier molecular flexibility index (Phi) is 8.06. The third-order valence-corrected chi connectivity index (χ3v) is 2.37. The molecule has 0 N–H and O–H groups in total. The molecule has 0 radical (unpaired) electrons. The minimum atomic E-state index is -0.235. The summed E-state index contributed by atoms with van der Waals surface area (Å²) in [6, 6.07) is 0. The van der Waals surface area contributed by atoms with Gasteiger partial charge in [0.25, 0.3) is 0 Å². The molecule has 0 saturated heterocycles. The molecular formula is C13H24O2. The van der Waals surface area contributed by atoms with Crippen molar-refractivity contribution in [2.75, 3.05) is 6.61 Å². The summed E-state index contributed by atoms with van der Waals surface area (Å²) in [6.45, 7) is 10.5. The van der Waals surface area contributed by atoms with Crippen molar-refractivity contribution in [1.29, 1.82) is 0 Å². The van der Waals surface area contributed by atoms with Crippen LogP contribution in [0.5, 0.6) is 0 Å². The molecule has 0 aliphatic carbocycles. The van der Waals surface area contributed by atoms with Gasteiger partial charge in [-0.05, 0) is 18.8 Å². The fourth-order valence-corrected chi connectivity index (χ4v) is 1.24. The summed E-state index contributed by atoms with van der Waals surface area (Å²) in [6.07, 6.45) is 5.27. The number of ether oxygens (including phenoxy) is 1. The molecule has 0 bridgehead atoms. The molecule has 2 heteroatoms. The van der Waals surface area contributed by atoms with Crippen molar-refractivity contribution >= 4 is 5.97 Å². The van der Waals surface area contributed by atoms with Crippen molar-refractivity contribution in [2.45, 2.75) is 52.9 Å². The van der Waals surface area contributed by atoms with Gasteiger partial charge in [-0.3, -0.25) is 0 Å². The van der Waals surface area contributed by atoms with Crippen LogP contribution in [0.2, 0.25) is 0 Å². The van der Waals surface area contributed by atoms with Crippen molar-refractivity contribution in [1.82, 2.24) is 0 Å². The third-order valence-electron chi connectivity index (χ3n) is 2.37. The van der Waals surface area contributed by atoms with Gasteiger partial charge in [0.1, 0.15) is 0 Å². The van der Waals surface area contributed by atoms with E-state index in [4.69, 9.17) is 4.74 Å². The molecule has 2 nitrogen and oxygen atoms in total. The maximum absolute atomic E-state index is 11.2. The first-order valence-corrected chi connectivity index (χ1v) is 5.92. The lowest BCUT2D eigenvalue weighted by molar-refractivity contribution is -0.139. The molecule has 0 atom stereocenters. The summed E-state index contributed by atoms with van der Waals surface area (Å²) < 4.78 is 5.06. The van der Waals surface area contributed by atoms with Gasteiger partial charge in [-0.25, -0.2) is 4.79 Å². The van der Waals surface area contributed by atoms with Gasteiger partial charge in [0, 0.05) is 5.57 Å². The zero-order valence-corrected chi connectivity index (χ0v) is 10.3. The minimum Gasteiger partial charge on any atom is -0.462 e. The summed E-state index contributed by atoms with van der Waals surface area (Å²) in [5, 5.41) is 0. The van der Waals surface area contributed by atoms with E-state index < -0.39 is 0 Å². The van der Waals surface area contributed by atoms with Crippen LogP contribution < -0.4 is 0 Å². The van der Waals surface area contributed by atoms with Crippen molar-refractivity contribution in [3.63, 3.8) is 0 Å². The Morgan fingerprint density at radius 3 is 2.47 bits per heavy atom. The molecule has 0 aromatic rings. The number of hydrogen-bond acceptors (Lipinski definition) is 2. The number of esters is 1. The lowest BCUT2D eigenvalue weighted by Gasteiger charge is -2.06. The molecule has 0 spiro atoms. The third kappa shape index (κ3) is 8.22. The molecule has 0 amide bonds. The Balaban J connectivity index is 3.31.